The van der Waals surface area contributed by atoms with Gasteiger partial charge in [-0.2, -0.15) is 5.26 Å². The molecule has 0 N–H and O–H groups in total. The van der Waals surface area contributed by atoms with Crippen molar-refractivity contribution < 1.29 is 0 Å². The Morgan fingerprint density at radius 3 is 3.06 bits per heavy atom. The first kappa shape index (κ1) is 11.2. The van der Waals surface area contributed by atoms with Crippen molar-refractivity contribution in [2.45, 2.75) is 32.7 Å². The van der Waals surface area contributed by atoms with Crippen LogP contribution >= 0.6 is 0 Å². The maximum Gasteiger partial charge on any atom is 0.0625 e. The highest BCUT2D eigenvalue weighted by Crippen LogP contribution is 2.23. The van der Waals surface area contributed by atoms with Crippen molar-refractivity contribution in [2.24, 2.45) is 0 Å². The van der Waals surface area contributed by atoms with Crippen LogP contribution in [-0.4, -0.2) is 18.0 Å². The van der Waals surface area contributed by atoms with E-state index >= 15 is 0 Å². The van der Waals surface area contributed by atoms with Gasteiger partial charge in [0.15, 0.2) is 0 Å². The Morgan fingerprint density at radius 2 is 2.31 bits per heavy atom. The summed E-state index contributed by atoms with van der Waals surface area (Å²) < 4.78 is 0. The molecule has 0 fully saturated rings. The fourth-order valence-corrected chi connectivity index (χ4v) is 2.40. The number of likely N-dealkylation sites (N-methyl/N-ethyl adjacent to an activating group) is 1. The molecule has 0 radical (unpaired) electrons. The largest absolute Gasteiger partial charge is 0.299 e. The van der Waals surface area contributed by atoms with Gasteiger partial charge < -0.3 is 0 Å². The molecule has 16 heavy (non-hydrogen) atoms. The third kappa shape index (κ3) is 2.25. The van der Waals surface area contributed by atoms with E-state index in [2.05, 4.69) is 36.1 Å². The van der Waals surface area contributed by atoms with E-state index in [-0.39, 0.29) is 0 Å². The number of hydrogen-bond acceptors (Lipinski definition) is 2. The molecule has 2 rings (SSSR count). The van der Waals surface area contributed by atoms with Crippen molar-refractivity contribution in [3.05, 3.63) is 34.9 Å². The summed E-state index contributed by atoms with van der Waals surface area (Å²) in [5.41, 5.74) is 4.34. The van der Waals surface area contributed by atoms with Crippen LogP contribution in [0, 0.1) is 11.3 Å². The van der Waals surface area contributed by atoms with Crippen molar-refractivity contribution >= 4 is 0 Å². The second-order valence-corrected chi connectivity index (χ2v) is 4.33. The number of nitrogens with zero attached hydrogens (tertiary/aromatic N) is 2. The van der Waals surface area contributed by atoms with Gasteiger partial charge in [0.05, 0.1) is 6.07 Å². The molecule has 1 aliphatic heterocycles. The van der Waals surface area contributed by atoms with Crippen LogP contribution in [0.15, 0.2) is 18.2 Å². The van der Waals surface area contributed by atoms with Gasteiger partial charge in [-0.15, -0.1) is 0 Å². The van der Waals surface area contributed by atoms with E-state index in [9.17, 15) is 0 Å². The van der Waals surface area contributed by atoms with Gasteiger partial charge in [-0.05, 0) is 36.1 Å². The molecule has 0 spiro atoms. The smallest absolute Gasteiger partial charge is 0.0625 e. The molecule has 1 aromatic rings. The first-order valence-electron chi connectivity index (χ1n) is 6.04. The zero-order chi connectivity index (χ0) is 11.4. The van der Waals surface area contributed by atoms with Crippen LogP contribution in [0.4, 0.5) is 0 Å². The van der Waals surface area contributed by atoms with Crippen LogP contribution in [-0.2, 0) is 19.4 Å². The van der Waals surface area contributed by atoms with E-state index in [1.165, 1.54) is 23.2 Å². The molecule has 1 aliphatic rings. The molecule has 0 aromatic heterocycles. The molecule has 2 heteroatoms. The maximum atomic E-state index is 8.67. The summed E-state index contributed by atoms with van der Waals surface area (Å²) in [6.07, 6.45) is 2.68. The van der Waals surface area contributed by atoms with Crippen molar-refractivity contribution in [2.75, 3.05) is 13.1 Å². The first-order chi connectivity index (χ1) is 7.85. The van der Waals surface area contributed by atoms with Crippen LogP contribution in [0.2, 0.25) is 0 Å². The van der Waals surface area contributed by atoms with Crippen molar-refractivity contribution in [3.63, 3.8) is 0 Å². The minimum atomic E-state index is 0.628. The Morgan fingerprint density at radius 1 is 1.44 bits per heavy atom. The zero-order valence-electron chi connectivity index (χ0n) is 9.87. The van der Waals surface area contributed by atoms with Crippen LogP contribution in [0.3, 0.4) is 0 Å². The third-order valence-corrected chi connectivity index (χ3v) is 3.40. The van der Waals surface area contributed by atoms with Crippen LogP contribution in [0.1, 0.15) is 30.0 Å². The minimum Gasteiger partial charge on any atom is -0.299 e. The van der Waals surface area contributed by atoms with Crippen LogP contribution in [0.5, 0.6) is 0 Å². The van der Waals surface area contributed by atoms with Crippen molar-refractivity contribution in [1.29, 1.82) is 5.26 Å². The lowest BCUT2D eigenvalue weighted by molar-refractivity contribution is 0.267. The molecule has 0 atom stereocenters. The average Bonchev–Trinajstić information content (AvgIpc) is 2.35. The Hall–Kier alpha value is -1.33. The fourth-order valence-electron chi connectivity index (χ4n) is 2.40. The normalized spacial score (nSPS) is 15.5. The molecule has 1 aromatic carbocycles. The van der Waals surface area contributed by atoms with Crippen molar-refractivity contribution in [1.82, 2.24) is 4.90 Å². The van der Waals surface area contributed by atoms with Gasteiger partial charge in [0.25, 0.3) is 0 Å². The summed E-state index contributed by atoms with van der Waals surface area (Å²) in [5.74, 6) is 0. The van der Waals surface area contributed by atoms with E-state index in [0.29, 0.717) is 6.42 Å². The van der Waals surface area contributed by atoms with Gasteiger partial charge in [-0.1, -0.05) is 25.1 Å². The second-order valence-electron chi connectivity index (χ2n) is 4.33. The van der Waals surface area contributed by atoms with Gasteiger partial charge in [0.1, 0.15) is 0 Å². The SMILES string of the molecule is CCN1CCc2cccc(CCC#N)c2C1. The summed E-state index contributed by atoms with van der Waals surface area (Å²) in [5, 5.41) is 8.67. The summed E-state index contributed by atoms with van der Waals surface area (Å²) in [4.78, 5) is 2.47. The highest BCUT2D eigenvalue weighted by atomic mass is 15.1. The molecule has 0 amide bonds. The number of aryl methyl sites for hydroxylation is 1. The lowest BCUT2D eigenvalue weighted by atomic mass is 9.93. The minimum absolute atomic E-state index is 0.628. The molecule has 0 saturated carbocycles. The Bertz CT molecular complexity index is 404. The summed E-state index contributed by atoms with van der Waals surface area (Å²) in [6.45, 7) is 5.56. The maximum absolute atomic E-state index is 8.67. The second kappa shape index (κ2) is 5.14. The van der Waals surface area contributed by atoms with E-state index in [1.54, 1.807) is 0 Å². The molecule has 0 bridgehead atoms. The summed E-state index contributed by atoms with van der Waals surface area (Å²) in [7, 11) is 0. The average molecular weight is 214 g/mol. The molecular weight excluding hydrogens is 196 g/mol. The van der Waals surface area contributed by atoms with E-state index in [4.69, 9.17) is 5.26 Å². The Balaban J connectivity index is 2.24. The quantitative estimate of drug-likeness (QED) is 0.773. The summed E-state index contributed by atoms with van der Waals surface area (Å²) in [6, 6.07) is 8.78. The van der Waals surface area contributed by atoms with E-state index in [1.807, 2.05) is 0 Å². The predicted molar refractivity (Wildman–Crippen MR) is 65.0 cm³/mol. The van der Waals surface area contributed by atoms with Crippen LogP contribution in [0.25, 0.3) is 0 Å². The number of benzene rings is 1. The van der Waals surface area contributed by atoms with Crippen molar-refractivity contribution in [3.8, 4) is 6.07 Å². The molecule has 0 unspecified atom stereocenters. The van der Waals surface area contributed by atoms with Gasteiger partial charge in [-0.25, -0.2) is 0 Å². The molecule has 2 nitrogen and oxygen atoms in total. The van der Waals surface area contributed by atoms with Gasteiger partial charge in [0.2, 0.25) is 0 Å². The highest BCUT2D eigenvalue weighted by molar-refractivity contribution is 5.37. The molecule has 1 heterocycles. The predicted octanol–water partition coefficient (Wildman–Crippen LogP) is 2.52. The Labute approximate surface area is 97.5 Å². The highest BCUT2D eigenvalue weighted by Gasteiger charge is 2.16. The lowest BCUT2D eigenvalue weighted by Crippen LogP contribution is -2.30. The fraction of sp³-hybridized carbons (Fsp3) is 0.500. The topological polar surface area (TPSA) is 27.0 Å². The lowest BCUT2D eigenvalue weighted by Gasteiger charge is -2.29. The molecular formula is C14H18N2. The number of rotatable bonds is 3. The van der Waals surface area contributed by atoms with Gasteiger partial charge in [0, 0.05) is 19.5 Å². The molecule has 0 aliphatic carbocycles. The number of hydrogen-bond donors (Lipinski definition) is 0. The number of fused-ring (bicyclic) bond motifs is 1. The summed E-state index contributed by atoms with van der Waals surface area (Å²) >= 11 is 0. The standard InChI is InChI=1S/C14H18N2/c1-2-16-10-8-13-6-3-5-12(7-4-9-15)14(13)11-16/h3,5-6H,2,4,7-8,10-11H2,1H3. The molecule has 84 valence electrons. The monoisotopic (exact) mass is 214 g/mol. The van der Waals surface area contributed by atoms with Gasteiger partial charge >= 0.3 is 0 Å². The number of nitriles is 1. The van der Waals surface area contributed by atoms with E-state index in [0.717, 1.165) is 25.9 Å². The Kier molecular flexibility index (Phi) is 3.58. The first-order valence-corrected chi connectivity index (χ1v) is 6.04. The van der Waals surface area contributed by atoms with Crippen LogP contribution < -0.4 is 0 Å². The molecule has 0 saturated heterocycles. The van der Waals surface area contributed by atoms with E-state index < -0.39 is 0 Å². The zero-order valence-corrected chi connectivity index (χ0v) is 9.87. The third-order valence-electron chi connectivity index (χ3n) is 3.40. The van der Waals surface area contributed by atoms with Gasteiger partial charge in [-0.3, -0.25) is 4.90 Å².